The summed E-state index contributed by atoms with van der Waals surface area (Å²) < 4.78 is 3.13. The van der Waals surface area contributed by atoms with E-state index in [2.05, 4.69) is 48.2 Å². The van der Waals surface area contributed by atoms with Crippen LogP contribution in [0, 0.1) is 20.8 Å². The molecule has 0 saturated heterocycles. The smallest absolute Gasteiger partial charge is 0.211 e. The van der Waals surface area contributed by atoms with Gasteiger partial charge < -0.3 is 0 Å². The molecule has 0 unspecified atom stereocenters. The molecule has 0 fully saturated rings. The molecule has 0 saturated carbocycles. The number of rotatable bonds is 1. The lowest BCUT2D eigenvalue weighted by molar-refractivity contribution is 0.827. The maximum atomic E-state index is 4.68. The number of para-hydroxylation sites is 1. The van der Waals surface area contributed by atoms with Gasteiger partial charge in [-0.2, -0.15) is 5.10 Å². The van der Waals surface area contributed by atoms with Crippen LogP contribution >= 0.6 is 11.3 Å². The van der Waals surface area contributed by atoms with E-state index >= 15 is 0 Å². The zero-order valence-electron chi connectivity index (χ0n) is 10.1. The van der Waals surface area contributed by atoms with E-state index in [4.69, 9.17) is 0 Å². The highest BCUT2D eigenvalue weighted by Gasteiger charge is 2.10. The lowest BCUT2D eigenvalue weighted by atomic mass is 10.2. The number of aromatic nitrogens is 3. The minimum absolute atomic E-state index is 0.944. The molecule has 0 aliphatic heterocycles. The van der Waals surface area contributed by atoms with Gasteiger partial charge >= 0.3 is 0 Å². The van der Waals surface area contributed by atoms with Crippen LogP contribution in [0.2, 0.25) is 0 Å². The van der Waals surface area contributed by atoms with E-state index in [0.717, 1.165) is 22.0 Å². The van der Waals surface area contributed by atoms with Crippen LogP contribution in [0.25, 0.3) is 15.3 Å². The van der Waals surface area contributed by atoms with Gasteiger partial charge in [0.15, 0.2) is 0 Å². The van der Waals surface area contributed by atoms with Crippen molar-refractivity contribution < 1.29 is 0 Å². The summed E-state index contributed by atoms with van der Waals surface area (Å²) in [5, 5.41) is 5.41. The molecule has 3 rings (SSSR count). The van der Waals surface area contributed by atoms with Crippen LogP contribution in [0.5, 0.6) is 0 Å². The molecule has 0 amide bonds. The third-order valence-corrected chi connectivity index (χ3v) is 3.80. The summed E-state index contributed by atoms with van der Waals surface area (Å²) in [6.45, 7) is 6.15. The van der Waals surface area contributed by atoms with Gasteiger partial charge in [-0.1, -0.05) is 23.5 Å². The third kappa shape index (κ3) is 1.65. The van der Waals surface area contributed by atoms with Crippen LogP contribution in [-0.2, 0) is 0 Å². The predicted octanol–water partition coefficient (Wildman–Crippen LogP) is 3.41. The van der Waals surface area contributed by atoms with E-state index < -0.39 is 0 Å². The van der Waals surface area contributed by atoms with Gasteiger partial charge in [0, 0.05) is 5.69 Å². The fourth-order valence-electron chi connectivity index (χ4n) is 1.99. The van der Waals surface area contributed by atoms with Crippen molar-refractivity contribution in [3.05, 3.63) is 41.2 Å². The highest BCUT2D eigenvalue weighted by Crippen LogP contribution is 2.27. The Kier molecular flexibility index (Phi) is 2.26. The molecule has 0 atom stereocenters. The molecule has 2 aromatic heterocycles. The summed E-state index contributed by atoms with van der Waals surface area (Å²) in [6, 6.07) is 8.34. The van der Waals surface area contributed by atoms with E-state index in [1.54, 1.807) is 11.3 Å². The fraction of sp³-hybridized carbons (Fsp3) is 0.231. The molecule has 0 aliphatic carbocycles. The summed E-state index contributed by atoms with van der Waals surface area (Å²) in [6.07, 6.45) is 0. The lowest BCUT2D eigenvalue weighted by Gasteiger charge is -1.96. The zero-order chi connectivity index (χ0) is 12.0. The van der Waals surface area contributed by atoms with Gasteiger partial charge in [-0.05, 0) is 38.5 Å². The number of benzene rings is 1. The van der Waals surface area contributed by atoms with Crippen LogP contribution in [-0.4, -0.2) is 14.8 Å². The molecule has 1 aromatic carbocycles. The number of thiazole rings is 1. The molecule has 2 heterocycles. The van der Waals surface area contributed by atoms with Gasteiger partial charge in [0.2, 0.25) is 5.13 Å². The maximum Gasteiger partial charge on any atom is 0.211 e. The molecule has 0 N–H and O–H groups in total. The van der Waals surface area contributed by atoms with Crippen molar-refractivity contribution in [3.8, 4) is 5.13 Å². The molecule has 0 aliphatic rings. The second-order valence-corrected chi connectivity index (χ2v) is 5.27. The first-order valence-electron chi connectivity index (χ1n) is 5.55. The van der Waals surface area contributed by atoms with Crippen molar-refractivity contribution in [2.75, 3.05) is 0 Å². The second kappa shape index (κ2) is 3.67. The van der Waals surface area contributed by atoms with Crippen LogP contribution < -0.4 is 0 Å². The first kappa shape index (κ1) is 10.5. The largest absolute Gasteiger partial charge is 0.218 e. The van der Waals surface area contributed by atoms with Gasteiger partial charge in [-0.3, -0.25) is 0 Å². The Bertz CT molecular complexity index is 694. The Hall–Kier alpha value is -1.68. The Labute approximate surface area is 104 Å². The number of fused-ring (bicyclic) bond motifs is 1. The minimum atomic E-state index is 0.944. The Morgan fingerprint density at radius 2 is 2.00 bits per heavy atom. The molecule has 0 spiro atoms. The maximum absolute atomic E-state index is 4.68. The first-order valence-corrected chi connectivity index (χ1v) is 6.36. The quantitative estimate of drug-likeness (QED) is 0.655. The third-order valence-electron chi connectivity index (χ3n) is 2.80. The SMILES string of the molecule is Cc1cc(C)n(-c2nc3c(C)cccc3s2)n1. The van der Waals surface area contributed by atoms with Crippen LogP contribution in [0.4, 0.5) is 0 Å². The Morgan fingerprint density at radius 3 is 2.65 bits per heavy atom. The molecule has 17 heavy (non-hydrogen) atoms. The topological polar surface area (TPSA) is 30.7 Å². The second-order valence-electron chi connectivity index (χ2n) is 4.26. The average molecular weight is 243 g/mol. The number of nitrogens with zero attached hydrogens (tertiary/aromatic N) is 3. The zero-order valence-corrected chi connectivity index (χ0v) is 10.9. The van der Waals surface area contributed by atoms with Crippen molar-refractivity contribution in [1.82, 2.24) is 14.8 Å². The van der Waals surface area contributed by atoms with E-state index in [1.807, 2.05) is 11.6 Å². The average Bonchev–Trinajstić information content (AvgIpc) is 2.82. The number of hydrogen-bond donors (Lipinski definition) is 0. The van der Waals surface area contributed by atoms with Crippen molar-refractivity contribution >= 4 is 21.6 Å². The summed E-state index contributed by atoms with van der Waals surface area (Å²) >= 11 is 1.68. The van der Waals surface area contributed by atoms with Gasteiger partial charge in [0.05, 0.1) is 15.9 Å². The number of hydrogen-bond acceptors (Lipinski definition) is 3. The normalized spacial score (nSPS) is 11.2. The molecule has 3 aromatic rings. The van der Waals surface area contributed by atoms with Gasteiger partial charge in [-0.25, -0.2) is 9.67 Å². The van der Waals surface area contributed by atoms with Crippen LogP contribution in [0.3, 0.4) is 0 Å². The molecule has 86 valence electrons. The van der Waals surface area contributed by atoms with Crippen molar-refractivity contribution in [2.24, 2.45) is 0 Å². The Morgan fingerprint density at radius 1 is 1.18 bits per heavy atom. The molecule has 0 bridgehead atoms. The first-order chi connectivity index (χ1) is 8.15. The van der Waals surface area contributed by atoms with E-state index in [-0.39, 0.29) is 0 Å². The van der Waals surface area contributed by atoms with Crippen LogP contribution in [0.1, 0.15) is 17.0 Å². The molecular formula is C13H13N3S. The summed E-state index contributed by atoms with van der Waals surface area (Å²) in [4.78, 5) is 4.68. The predicted molar refractivity (Wildman–Crippen MR) is 71.0 cm³/mol. The van der Waals surface area contributed by atoms with Gasteiger partial charge in [0.1, 0.15) is 0 Å². The van der Waals surface area contributed by atoms with Gasteiger partial charge in [-0.15, -0.1) is 0 Å². The lowest BCUT2D eigenvalue weighted by Crippen LogP contribution is -1.97. The van der Waals surface area contributed by atoms with Crippen LogP contribution in [0.15, 0.2) is 24.3 Å². The molecule has 0 radical (unpaired) electrons. The van der Waals surface area contributed by atoms with Crippen molar-refractivity contribution in [3.63, 3.8) is 0 Å². The summed E-state index contributed by atoms with van der Waals surface area (Å²) in [5.41, 5.74) is 4.45. The van der Waals surface area contributed by atoms with Crippen molar-refractivity contribution in [2.45, 2.75) is 20.8 Å². The standard InChI is InChI=1S/C13H13N3S/c1-8-5-4-6-11-12(8)14-13(17-11)16-10(3)7-9(2)15-16/h4-7H,1-3H3. The van der Waals surface area contributed by atoms with E-state index in [0.29, 0.717) is 0 Å². The Balaban J connectivity index is 2.25. The minimum Gasteiger partial charge on any atom is -0.218 e. The van der Waals surface area contributed by atoms with Gasteiger partial charge in [0.25, 0.3) is 0 Å². The van der Waals surface area contributed by atoms with Crippen molar-refractivity contribution in [1.29, 1.82) is 0 Å². The fourth-order valence-corrected chi connectivity index (χ4v) is 3.04. The summed E-state index contributed by atoms with van der Waals surface area (Å²) in [5.74, 6) is 0. The molecule has 3 nitrogen and oxygen atoms in total. The summed E-state index contributed by atoms with van der Waals surface area (Å²) in [7, 11) is 0. The molecule has 4 heteroatoms. The highest BCUT2D eigenvalue weighted by molar-refractivity contribution is 7.20. The number of aryl methyl sites for hydroxylation is 3. The monoisotopic (exact) mass is 243 g/mol. The van der Waals surface area contributed by atoms with E-state index in [1.165, 1.54) is 10.3 Å². The highest BCUT2D eigenvalue weighted by atomic mass is 32.1. The van der Waals surface area contributed by atoms with E-state index in [9.17, 15) is 0 Å². The molecular weight excluding hydrogens is 230 g/mol.